The molecule has 1 aliphatic carbocycles. The maximum Gasteiger partial charge on any atom is 0.0331 e. The number of hydrogen-bond acceptors (Lipinski definition) is 3. The summed E-state index contributed by atoms with van der Waals surface area (Å²) in [6, 6.07) is 2.99. The summed E-state index contributed by atoms with van der Waals surface area (Å²) in [6.45, 7) is 7.13. The van der Waals surface area contributed by atoms with Gasteiger partial charge in [-0.05, 0) is 62.2 Å². The summed E-state index contributed by atoms with van der Waals surface area (Å²) in [5.41, 5.74) is 1.47. The van der Waals surface area contributed by atoms with Gasteiger partial charge >= 0.3 is 0 Å². The molecule has 3 heteroatoms. The van der Waals surface area contributed by atoms with Crippen LogP contribution in [-0.2, 0) is 6.54 Å². The van der Waals surface area contributed by atoms with Gasteiger partial charge in [0.2, 0.25) is 0 Å². The SMILES string of the molecule is Cc1ccsc1CN1CCCNC(C2CCCCC2)C1. The van der Waals surface area contributed by atoms with Crippen molar-refractivity contribution < 1.29 is 0 Å². The minimum Gasteiger partial charge on any atom is -0.312 e. The molecular formula is C17H28N2S. The average Bonchev–Trinajstić information content (AvgIpc) is 2.75. The number of thiophene rings is 1. The Balaban J connectivity index is 1.61. The number of nitrogens with zero attached hydrogens (tertiary/aromatic N) is 1. The highest BCUT2D eigenvalue weighted by atomic mass is 32.1. The Labute approximate surface area is 127 Å². The molecule has 0 aromatic carbocycles. The zero-order valence-electron chi connectivity index (χ0n) is 12.7. The quantitative estimate of drug-likeness (QED) is 0.911. The molecule has 1 aromatic heterocycles. The molecule has 112 valence electrons. The minimum atomic E-state index is 0.734. The summed E-state index contributed by atoms with van der Waals surface area (Å²) in [4.78, 5) is 4.26. The van der Waals surface area contributed by atoms with Gasteiger partial charge in [0.15, 0.2) is 0 Å². The van der Waals surface area contributed by atoms with Crippen molar-refractivity contribution in [1.82, 2.24) is 10.2 Å². The molecule has 2 aliphatic rings. The van der Waals surface area contributed by atoms with Gasteiger partial charge in [-0.2, -0.15) is 0 Å². The van der Waals surface area contributed by atoms with Crippen LogP contribution in [0.2, 0.25) is 0 Å². The summed E-state index contributed by atoms with van der Waals surface area (Å²) >= 11 is 1.92. The number of hydrogen-bond donors (Lipinski definition) is 1. The second kappa shape index (κ2) is 7.06. The highest BCUT2D eigenvalue weighted by Gasteiger charge is 2.27. The molecule has 2 heterocycles. The van der Waals surface area contributed by atoms with Crippen molar-refractivity contribution in [3.8, 4) is 0 Å². The molecule has 1 N–H and O–H groups in total. The van der Waals surface area contributed by atoms with Crippen molar-refractivity contribution in [2.75, 3.05) is 19.6 Å². The maximum absolute atomic E-state index is 3.84. The highest BCUT2D eigenvalue weighted by Crippen LogP contribution is 2.28. The van der Waals surface area contributed by atoms with E-state index in [0.717, 1.165) is 18.5 Å². The zero-order chi connectivity index (χ0) is 13.8. The zero-order valence-corrected chi connectivity index (χ0v) is 13.6. The van der Waals surface area contributed by atoms with E-state index in [1.54, 1.807) is 4.88 Å². The summed E-state index contributed by atoms with van der Waals surface area (Å²) in [5.74, 6) is 0.925. The average molecular weight is 292 g/mol. The summed E-state index contributed by atoms with van der Waals surface area (Å²) in [5, 5.41) is 6.07. The molecular weight excluding hydrogens is 264 g/mol. The first-order valence-corrected chi connectivity index (χ1v) is 9.19. The van der Waals surface area contributed by atoms with Crippen LogP contribution in [0.25, 0.3) is 0 Å². The van der Waals surface area contributed by atoms with Crippen LogP contribution in [0.3, 0.4) is 0 Å². The Morgan fingerprint density at radius 2 is 2.10 bits per heavy atom. The topological polar surface area (TPSA) is 15.3 Å². The second-order valence-electron chi connectivity index (χ2n) is 6.57. The van der Waals surface area contributed by atoms with E-state index >= 15 is 0 Å². The van der Waals surface area contributed by atoms with Crippen LogP contribution in [0, 0.1) is 12.8 Å². The first-order chi connectivity index (χ1) is 9.83. The molecule has 1 aliphatic heterocycles. The normalized spacial score (nSPS) is 26.6. The largest absolute Gasteiger partial charge is 0.312 e. The summed E-state index contributed by atoms with van der Waals surface area (Å²) in [7, 11) is 0. The van der Waals surface area contributed by atoms with Gasteiger partial charge in [-0.3, -0.25) is 4.90 Å². The van der Waals surface area contributed by atoms with E-state index in [4.69, 9.17) is 0 Å². The standard InChI is InChI=1S/C17H28N2S/c1-14-8-11-20-17(14)13-19-10-5-9-18-16(12-19)15-6-3-2-4-7-15/h8,11,15-16,18H,2-7,9-10,12-13H2,1H3. The fourth-order valence-electron chi connectivity index (χ4n) is 3.79. The van der Waals surface area contributed by atoms with Crippen LogP contribution in [0.4, 0.5) is 0 Å². The van der Waals surface area contributed by atoms with E-state index < -0.39 is 0 Å². The van der Waals surface area contributed by atoms with Gasteiger partial charge in [0.05, 0.1) is 0 Å². The molecule has 0 radical (unpaired) electrons. The van der Waals surface area contributed by atoms with Gasteiger partial charge in [-0.15, -0.1) is 11.3 Å². The first kappa shape index (κ1) is 14.6. The monoisotopic (exact) mass is 292 g/mol. The van der Waals surface area contributed by atoms with E-state index in [0.29, 0.717) is 0 Å². The smallest absolute Gasteiger partial charge is 0.0331 e. The van der Waals surface area contributed by atoms with Gasteiger partial charge in [0.25, 0.3) is 0 Å². The number of nitrogens with one attached hydrogen (secondary N) is 1. The first-order valence-electron chi connectivity index (χ1n) is 8.31. The van der Waals surface area contributed by atoms with E-state index in [2.05, 4.69) is 28.6 Å². The second-order valence-corrected chi connectivity index (χ2v) is 7.57. The van der Waals surface area contributed by atoms with Crippen molar-refractivity contribution >= 4 is 11.3 Å². The molecule has 0 bridgehead atoms. The molecule has 1 atom stereocenters. The van der Waals surface area contributed by atoms with Crippen molar-refractivity contribution in [3.63, 3.8) is 0 Å². The lowest BCUT2D eigenvalue weighted by molar-refractivity contribution is 0.202. The Morgan fingerprint density at radius 1 is 1.25 bits per heavy atom. The molecule has 1 saturated carbocycles. The van der Waals surface area contributed by atoms with Crippen LogP contribution in [0.15, 0.2) is 11.4 Å². The Bertz CT molecular complexity index is 409. The third kappa shape index (κ3) is 3.63. The highest BCUT2D eigenvalue weighted by molar-refractivity contribution is 7.10. The molecule has 1 saturated heterocycles. The lowest BCUT2D eigenvalue weighted by Crippen LogP contribution is -2.43. The van der Waals surface area contributed by atoms with Gasteiger partial charge in [-0.25, -0.2) is 0 Å². The van der Waals surface area contributed by atoms with Crippen molar-refractivity contribution in [2.45, 2.75) is 58.0 Å². The molecule has 1 aromatic rings. The minimum absolute atomic E-state index is 0.734. The van der Waals surface area contributed by atoms with Gasteiger partial charge in [0.1, 0.15) is 0 Å². The van der Waals surface area contributed by atoms with Crippen LogP contribution >= 0.6 is 11.3 Å². The van der Waals surface area contributed by atoms with Gasteiger partial charge < -0.3 is 5.32 Å². The molecule has 0 spiro atoms. The van der Waals surface area contributed by atoms with Crippen LogP contribution in [0.5, 0.6) is 0 Å². The van der Waals surface area contributed by atoms with E-state index in [1.165, 1.54) is 63.7 Å². The molecule has 2 nitrogen and oxygen atoms in total. The molecule has 20 heavy (non-hydrogen) atoms. The molecule has 1 unspecified atom stereocenters. The number of rotatable bonds is 3. The van der Waals surface area contributed by atoms with E-state index in [-0.39, 0.29) is 0 Å². The van der Waals surface area contributed by atoms with Crippen molar-refractivity contribution in [1.29, 1.82) is 0 Å². The van der Waals surface area contributed by atoms with Crippen LogP contribution in [-0.4, -0.2) is 30.6 Å². The predicted molar refractivity (Wildman–Crippen MR) is 87.3 cm³/mol. The Morgan fingerprint density at radius 3 is 2.85 bits per heavy atom. The Kier molecular flexibility index (Phi) is 5.14. The van der Waals surface area contributed by atoms with E-state index in [1.807, 2.05) is 11.3 Å². The fraction of sp³-hybridized carbons (Fsp3) is 0.765. The maximum atomic E-state index is 3.84. The van der Waals surface area contributed by atoms with Gasteiger partial charge in [-0.1, -0.05) is 19.3 Å². The third-order valence-corrected chi connectivity index (χ3v) is 6.07. The molecule has 3 rings (SSSR count). The summed E-state index contributed by atoms with van der Waals surface area (Å²) < 4.78 is 0. The van der Waals surface area contributed by atoms with Crippen molar-refractivity contribution in [3.05, 3.63) is 21.9 Å². The Hall–Kier alpha value is -0.380. The summed E-state index contributed by atoms with van der Waals surface area (Å²) in [6.07, 6.45) is 8.56. The number of aryl methyl sites for hydroxylation is 1. The van der Waals surface area contributed by atoms with Gasteiger partial charge in [0, 0.05) is 24.0 Å². The van der Waals surface area contributed by atoms with Crippen LogP contribution in [0.1, 0.15) is 49.0 Å². The molecule has 0 amide bonds. The van der Waals surface area contributed by atoms with Crippen LogP contribution < -0.4 is 5.32 Å². The van der Waals surface area contributed by atoms with Crippen molar-refractivity contribution in [2.24, 2.45) is 5.92 Å². The lowest BCUT2D eigenvalue weighted by Gasteiger charge is -2.32. The lowest BCUT2D eigenvalue weighted by atomic mass is 9.83. The predicted octanol–water partition coefficient (Wildman–Crippen LogP) is 3.80. The van der Waals surface area contributed by atoms with E-state index in [9.17, 15) is 0 Å². The third-order valence-electron chi connectivity index (χ3n) is 5.07. The molecule has 2 fully saturated rings. The fourth-order valence-corrected chi connectivity index (χ4v) is 4.74.